The lowest BCUT2D eigenvalue weighted by atomic mass is 9.67. The largest absolute Gasteiger partial charge is 0.481 e. The van der Waals surface area contributed by atoms with E-state index in [-0.39, 0.29) is 18.4 Å². The summed E-state index contributed by atoms with van der Waals surface area (Å²) in [6, 6.07) is -0.293. The van der Waals surface area contributed by atoms with Crippen LogP contribution in [0.1, 0.15) is 59.8 Å². The lowest BCUT2D eigenvalue weighted by Crippen LogP contribution is -2.37. The zero-order valence-corrected chi connectivity index (χ0v) is 12.5. The van der Waals surface area contributed by atoms with Gasteiger partial charge in [-0.3, -0.25) is 9.59 Å². The number of nitrogens with one attached hydrogen (secondary N) is 1. The number of hydrogen-bond donors (Lipinski definition) is 2. The van der Waals surface area contributed by atoms with E-state index in [9.17, 15) is 9.59 Å². The van der Waals surface area contributed by atoms with Gasteiger partial charge in [0.05, 0.1) is 6.42 Å². The van der Waals surface area contributed by atoms with Crippen LogP contribution in [0.4, 0.5) is 0 Å². The Bertz CT molecular complexity index is 338. The molecule has 0 bridgehead atoms. The van der Waals surface area contributed by atoms with Crippen LogP contribution in [0.3, 0.4) is 0 Å². The van der Waals surface area contributed by atoms with Gasteiger partial charge in [0.1, 0.15) is 0 Å². The smallest absolute Gasteiger partial charge is 0.305 e. The molecule has 0 aromatic heterocycles. The third-order valence-corrected chi connectivity index (χ3v) is 3.84. The lowest BCUT2D eigenvalue weighted by molar-refractivity contribution is -0.137. The van der Waals surface area contributed by atoms with E-state index >= 15 is 0 Å². The molecule has 1 rings (SSSR count). The van der Waals surface area contributed by atoms with E-state index in [1.165, 1.54) is 6.42 Å². The van der Waals surface area contributed by atoms with Gasteiger partial charge in [-0.15, -0.1) is 0 Å². The van der Waals surface area contributed by atoms with Gasteiger partial charge >= 0.3 is 5.97 Å². The zero-order valence-electron chi connectivity index (χ0n) is 12.5. The average molecular weight is 269 g/mol. The molecule has 0 aliphatic heterocycles. The molecule has 0 radical (unpaired) electrons. The van der Waals surface area contributed by atoms with Gasteiger partial charge in [-0.05, 0) is 43.4 Å². The van der Waals surface area contributed by atoms with Crippen molar-refractivity contribution in [2.45, 2.75) is 65.8 Å². The number of rotatable bonds is 5. The summed E-state index contributed by atoms with van der Waals surface area (Å²) in [7, 11) is 0. The molecule has 0 heterocycles. The second-order valence-corrected chi connectivity index (χ2v) is 7.05. The number of aliphatic carboxylic acids is 1. The highest BCUT2D eigenvalue weighted by atomic mass is 16.4. The third-order valence-electron chi connectivity index (χ3n) is 3.84. The molecule has 4 heteroatoms. The van der Waals surface area contributed by atoms with E-state index in [1.54, 1.807) is 6.92 Å². The predicted molar refractivity (Wildman–Crippen MR) is 74.8 cm³/mol. The van der Waals surface area contributed by atoms with Gasteiger partial charge in [0.25, 0.3) is 0 Å². The van der Waals surface area contributed by atoms with Crippen LogP contribution >= 0.6 is 0 Å². The van der Waals surface area contributed by atoms with Crippen LogP contribution in [0.2, 0.25) is 0 Å². The Morgan fingerprint density at radius 3 is 2.53 bits per heavy atom. The Morgan fingerprint density at radius 2 is 2.00 bits per heavy atom. The average Bonchev–Trinajstić information content (AvgIpc) is 2.10. The van der Waals surface area contributed by atoms with Crippen LogP contribution in [0.25, 0.3) is 0 Å². The minimum absolute atomic E-state index is 0.0105. The van der Waals surface area contributed by atoms with Gasteiger partial charge in [-0.1, -0.05) is 20.8 Å². The number of carboxylic acids is 1. The van der Waals surface area contributed by atoms with Crippen LogP contribution in [0, 0.1) is 17.3 Å². The standard InChI is InChI=1S/C15H27NO3/c1-10-5-12(9-15(3,4)8-10)7-13(17)16-11(2)6-14(18)19/h10-12H,5-9H2,1-4H3,(H,16,17)(H,18,19). The molecule has 19 heavy (non-hydrogen) atoms. The monoisotopic (exact) mass is 269 g/mol. The molecule has 110 valence electrons. The highest BCUT2D eigenvalue weighted by Gasteiger charge is 2.33. The molecular weight excluding hydrogens is 242 g/mol. The third kappa shape index (κ3) is 6.08. The van der Waals surface area contributed by atoms with Crippen molar-refractivity contribution in [1.29, 1.82) is 0 Å². The van der Waals surface area contributed by atoms with Gasteiger partial charge in [-0.25, -0.2) is 0 Å². The quantitative estimate of drug-likeness (QED) is 0.806. The Balaban J connectivity index is 2.41. The Hall–Kier alpha value is -1.06. The Kier molecular flexibility index (Phi) is 5.39. The van der Waals surface area contributed by atoms with Crippen molar-refractivity contribution in [3.05, 3.63) is 0 Å². The number of carbonyl (C=O) groups excluding carboxylic acids is 1. The molecule has 0 aromatic carbocycles. The van der Waals surface area contributed by atoms with Crippen LogP contribution < -0.4 is 5.32 Å². The van der Waals surface area contributed by atoms with Crippen molar-refractivity contribution in [2.75, 3.05) is 0 Å². The molecule has 1 fully saturated rings. The summed E-state index contributed by atoms with van der Waals surface area (Å²) in [6.07, 6.45) is 3.92. The molecule has 0 saturated heterocycles. The molecule has 3 unspecified atom stereocenters. The van der Waals surface area contributed by atoms with E-state index in [0.717, 1.165) is 12.8 Å². The molecule has 1 amide bonds. The summed E-state index contributed by atoms with van der Waals surface area (Å²) in [5.41, 5.74) is 0.315. The van der Waals surface area contributed by atoms with Crippen LogP contribution in [-0.2, 0) is 9.59 Å². The molecule has 4 nitrogen and oxygen atoms in total. The van der Waals surface area contributed by atoms with E-state index in [0.29, 0.717) is 23.7 Å². The van der Waals surface area contributed by atoms with Crippen molar-refractivity contribution in [1.82, 2.24) is 5.32 Å². The van der Waals surface area contributed by atoms with Gasteiger partial charge in [0.2, 0.25) is 5.91 Å². The highest BCUT2D eigenvalue weighted by molar-refractivity contribution is 5.77. The zero-order chi connectivity index (χ0) is 14.6. The maximum Gasteiger partial charge on any atom is 0.305 e. The number of carbonyl (C=O) groups is 2. The van der Waals surface area contributed by atoms with E-state index in [2.05, 4.69) is 26.1 Å². The van der Waals surface area contributed by atoms with Gasteiger partial charge < -0.3 is 10.4 Å². The first-order valence-corrected chi connectivity index (χ1v) is 7.19. The molecule has 3 atom stereocenters. The number of carboxylic acid groups (broad SMARTS) is 1. The summed E-state index contributed by atoms with van der Waals surface area (Å²) < 4.78 is 0. The minimum Gasteiger partial charge on any atom is -0.481 e. The SMILES string of the molecule is CC1CC(CC(=O)NC(C)CC(=O)O)CC(C)(C)C1. The normalized spacial score (nSPS) is 27.6. The first-order chi connectivity index (χ1) is 8.68. The fourth-order valence-corrected chi connectivity index (χ4v) is 3.61. The van der Waals surface area contributed by atoms with E-state index < -0.39 is 5.97 Å². The van der Waals surface area contributed by atoms with Crippen LogP contribution in [0.5, 0.6) is 0 Å². The predicted octanol–water partition coefficient (Wildman–Crippen LogP) is 2.82. The first kappa shape index (κ1) is 16.0. The van der Waals surface area contributed by atoms with Gasteiger partial charge in [0, 0.05) is 12.5 Å². The summed E-state index contributed by atoms with van der Waals surface area (Å²) in [5, 5.41) is 11.5. The maximum absolute atomic E-state index is 11.9. The first-order valence-electron chi connectivity index (χ1n) is 7.19. The van der Waals surface area contributed by atoms with E-state index in [1.807, 2.05) is 0 Å². The Labute approximate surface area is 116 Å². The molecule has 0 spiro atoms. The maximum atomic E-state index is 11.9. The highest BCUT2D eigenvalue weighted by Crippen LogP contribution is 2.42. The molecule has 1 saturated carbocycles. The molecule has 2 N–H and O–H groups in total. The van der Waals surface area contributed by atoms with Crippen LogP contribution in [0.15, 0.2) is 0 Å². The van der Waals surface area contributed by atoms with Crippen molar-refractivity contribution >= 4 is 11.9 Å². The van der Waals surface area contributed by atoms with Gasteiger partial charge in [0.15, 0.2) is 0 Å². The van der Waals surface area contributed by atoms with Crippen LogP contribution in [-0.4, -0.2) is 23.0 Å². The summed E-state index contributed by atoms with van der Waals surface area (Å²) in [4.78, 5) is 22.5. The summed E-state index contributed by atoms with van der Waals surface area (Å²) >= 11 is 0. The van der Waals surface area contributed by atoms with E-state index in [4.69, 9.17) is 5.11 Å². The fourth-order valence-electron chi connectivity index (χ4n) is 3.61. The lowest BCUT2D eigenvalue weighted by Gasteiger charge is -2.38. The van der Waals surface area contributed by atoms with Crippen molar-refractivity contribution in [3.8, 4) is 0 Å². The molecular formula is C15H27NO3. The topological polar surface area (TPSA) is 66.4 Å². The molecule has 0 aromatic rings. The van der Waals surface area contributed by atoms with Crippen molar-refractivity contribution in [3.63, 3.8) is 0 Å². The fraction of sp³-hybridized carbons (Fsp3) is 0.867. The molecule has 1 aliphatic rings. The minimum atomic E-state index is -0.875. The summed E-state index contributed by atoms with van der Waals surface area (Å²) in [5.74, 6) is 0.206. The Morgan fingerprint density at radius 1 is 1.37 bits per heavy atom. The summed E-state index contributed by atoms with van der Waals surface area (Å²) in [6.45, 7) is 8.51. The molecule has 1 aliphatic carbocycles. The second kappa shape index (κ2) is 6.40. The second-order valence-electron chi connectivity index (χ2n) is 7.05. The van der Waals surface area contributed by atoms with Gasteiger partial charge in [-0.2, -0.15) is 0 Å². The number of hydrogen-bond acceptors (Lipinski definition) is 2. The van der Waals surface area contributed by atoms with Crippen molar-refractivity contribution < 1.29 is 14.7 Å². The number of amides is 1. The van der Waals surface area contributed by atoms with Crippen molar-refractivity contribution in [2.24, 2.45) is 17.3 Å².